The van der Waals surface area contributed by atoms with E-state index in [1.807, 2.05) is 0 Å². The lowest BCUT2D eigenvalue weighted by molar-refractivity contribution is 0.0497. The smallest absolute Gasteiger partial charge is 0.342 e. The average Bonchev–Trinajstić information content (AvgIpc) is 2.41. The first kappa shape index (κ1) is 17.2. The maximum Gasteiger partial charge on any atom is 0.342 e. The van der Waals surface area contributed by atoms with E-state index in [0.29, 0.717) is 6.61 Å². The molecule has 0 amide bonds. The Kier molecular flexibility index (Phi) is 8.54. The van der Waals surface area contributed by atoms with Gasteiger partial charge in [0, 0.05) is 6.20 Å². The Morgan fingerprint density at radius 1 is 1.15 bits per heavy atom. The lowest BCUT2D eigenvalue weighted by atomic mass is 10.1. The van der Waals surface area contributed by atoms with Crippen LogP contribution < -0.4 is 0 Å². The molecule has 0 aliphatic heterocycles. The first-order valence-corrected chi connectivity index (χ1v) is 7.76. The van der Waals surface area contributed by atoms with Gasteiger partial charge in [-0.15, -0.1) is 0 Å². The van der Waals surface area contributed by atoms with Crippen molar-refractivity contribution in [2.45, 2.75) is 51.9 Å². The summed E-state index contributed by atoms with van der Waals surface area (Å²) in [6.45, 7) is 2.59. The number of carbonyl (C=O) groups excluding carboxylic acids is 1. The predicted molar refractivity (Wildman–Crippen MR) is 80.3 cm³/mol. The summed E-state index contributed by atoms with van der Waals surface area (Å²) in [7, 11) is 0. The third-order valence-corrected chi connectivity index (χ3v) is 3.38. The van der Waals surface area contributed by atoms with Crippen LogP contribution in [0.25, 0.3) is 0 Å². The van der Waals surface area contributed by atoms with Crippen molar-refractivity contribution >= 4 is 29.2 Å². The Balaban J connectivity index is 2.17. The van der Waals surface area contributed by atoms with Crippen LogP contribution >= 0.6 is 23.2 Å². The quantitative estimate of drug-likeness (QED) is 0.287. The summed E-state index contributed by atoms with van der Waals surface area (Å²) >= 11 is 11.4. The molecule has 0 atom stereocenters. The number of halogens is 2. The van der Waals surface area contributed by atoms with Crippen molar-refractivity contribution in [3.05, 3.63) is 22.2 Å². The van der Waals surface area contributed by atoms with E-state index < -0.39 is 5.97 Å². The molecule has 4 nitrogen and oxygen atoms in total. The third kappa shape index (κ3) is 6.53. The minimum absolute atomic E-state index is 0.0126. The molecule has 1 aromatic heterocycles. The minimum atomic E-state index is -0.502. The first-order chi connectivity index (χ1) is 9.65. The number of aromatic nitrogens is 2. The Morgan fingerprint density at radius 3 is 2.45 bits per heavy atom. The largest absolute Gasteiger partial charge is 0.462 e. The molecule has 1 aromatic rings. The van der Waals surface area contributed by atoms with Gasteiger partial charge in [0.05, 0.1) is 6.61 Å². The van der Waals surface area contributed by atoms with Crippen LogP contribution in [0.4, 0.5) is 0 Å². The highest BCUT2D eigenvalue weighted by atomic mass is 35.5. The number of ether oxygens (including phenoxy) is 1. The molecular formula is C14H20Cl2N2O2. The molecule has 20 heavy (non-hydrogen) atoms. The van der Waals surface area contributed by atoms with Gasteiger partial charge in [-0.25, -0.2) is 14.8 Å². The summed E-state index contributed by atoms with van der Waals surface area (Å²) in [5.74, 6) is -0.502. The number of nitrogens with zero attached hydrogens (tertiary/aromatic N) is 2. The van der Waals surface area contributed by atoms with Crippen LogP contribution in [0.3, 0.4) is 0 Å². The maximum atomic E-state index is 11.7. The molecule has 0 aliphatic rings. The van der Waals surface area contributed by atoms with Gasteiger partial charge in [0.1, 0.15) is 10.7 Å². The highest BCUT2D eigenvalue weighted by Gasteiger charge is 2.14. The second-order valence-corrected chi connectivity index (χ2v) is 5.30. The SMILES string of the molecule is CCCCCCCCCOC(=O)c1cnc(Cl)nc1Cl. The van der Waals surface area contributed by atoms with E-state index in [2.05, 4.69) is 16.9 Å². The van der Waals surface area contributed by atoms with E-state index in [1.54, 1.807) is 0 Å². The van der Waals surface area contributed by atoms with E-state index in [4.69, 9.17) is 27.9 Å². The van der Waals surface area contributed by atoms with Crippen molar-refractivity contribution in [2.24, 2.45) is 0 Å². The molecule has 0 N–H and O–H groups in total. The van der Waals surface area contributed by atoms with Crippen molar-refractivity contribution in [3.8, 4) is 0 Å². The minimum Gasteiger partial charge on any atom is -0.462 e. The predicted octanol–water partition coefficient (Wildman–Crippen LogP) is 4.69. The van der Waals surface area contributed by atoms with E-state index in [-0.39, 0.29) is 16.0 Å². The number of hydrogen-bond acceptors (Lipinski definition) is 4. The van der Waals surface area contributed by atoms with E-state index in [1.165, 1.54) is 38.3 Å². The molecule has 0 saturated carbocycles. The van der Waals surface area contributed by atoms with Gasteiger partial charge >= 0.3 is 5.97 Å². The molecule has 0 unspecified atom stereocenters. The molecule has 0 spiro atoms. The van der Waals surface area contributed by atoms with Gasteiger partial charge in [0.2, 0.25) is 5.28 Å². The van der Waals surface area contributed by atoms with Crippen LogP contribution in [0.15, 0.2) is 6.20 Å². The molecule has 1 rings (SSSR count). The van der Waals surface area contributed by atoms with E-state index in [9.17, 15) is 4.79 Å². The fourth-order valence-electron chi connectivity index (χ4n) is 1.78. The molecule has 0 bridgehead atoms. The van der Waals surface area contributed by atoms with Crippen LogP contribution in [-0.4, -0.2) is 22.5 Å². The Bertz CT molecular complexity index is 428. The van der Waals surface area contributed by atoms with Crippen molar-refractivity contribution in [2.75, 3.05) is 6.61 Å². The maximum absolute atomic E-state index is 11.7. The van der Waals surface area contributed by atoms with Crippen LogP contribution in [-0.2, 0) is 4.74 Å². The average molecular weight is 319 g/mol. The normalized spacial score (nSPS) is 10.6. The van der Waals surface area contributed by atoms with Crippen LogP contribution in [0.2, 0.25) is 10.4 Å². The number of rotatable bonds is 9. The number of carbonyl (C=O) groups is 1. The highest BCUT2D eigenvalue weighted by molar-refractivity contribution is 6.33. The molecule has 0 aromatic carbocycles. The Labute approximate surface area is 129 Å². The Hall–Kier alpha value is -0.870. The van der Waals surface area contributed by atoms with Crippen molar-refractivity contribution < 1.29 is 9.53 Å². The summed E-state index contributed by atoms with van der Waals surface area (Å²) < 4.78 is 5.13. The second kappa shape index (κ2) is 9.94. The molecule has 1 heterocycles. The zero-order valence-electron chi connectivity index (χ0n) is 11.7. The summed E-state index contributed by atoms with van der Waals surface area (Å²) in [5, 5.41) is 0.0354. The molecule has 112 valence electrons. The molecule has 0 aliphatic carbocycles. The fraction of sp³-hybridized carbons (Fsp3) is 0.643. The first-order valence-electron chi connectivity index (χ1n) is 7.00. The van der Waals surface area contributed by atoms with Gasteiger partial charge in [-0.05, 0) is 18.0 Å². The summed E-state index contributed by atoms with van der Waals surface area (Å²) in [6.07, 6.45) is 9.48. The van der Waals surface area contributed by atoms with Crippen molar-refractivity contribution in [1.29, 1.82) is 0 Å². The zero-order chi connectivity index (χ0) is 14.8. The monoisotopic (exact) mass is 318 g/mol. The molecule has 0 radical (unpaired) electrons. The van der Waals surface area contributed by atoms with Gasteiger partial charge in [-0.3, -0.25) is 0 Å². The van der Waals surface area contributed by atoms with Gasteiger partial charge < -0.3 is 4.74 Å². The Morgan fingerprint density at radius 2 is 1.80 bits per heavy atom. The van der Waals surface area contributed by atoms with Crippen LogP contribution in [0.1, 0.15) is 62.2 Å². The second-order valence-electron chi connectivity index (χ2n) is 4.60. The summed E-state index contributed by atoms with van der Waals surface area (Å²) in [6, 6.07) is 0. The molecule has 6 heteroatoms. The highest BCUT2D eigenvalue weighted by Crippen LogP contribution is 2.15. The third-order valence-electron chi connectivity index (χ3n) is 2.91. The number of esters is 1. The number of unbranched alkanes of at least 4 members (excludes halogenated alkanes) is 6. The van der Waals surface area contributed by atoms with Crippen LogP contribution in [0, 0.1) is 0 Å². The van der Waals surface area contributed by atoms with Crippen LogP contribution in [0.5, 0.6) is 0 Å². The topological polar surface area (TPSA) is 52.1 Å². The van der Waals surface area contributed by atoms with E-state index in [0.717, 1.165) is 12.8 Å². The lowest BCUT2D eigenvalue weighted by Crippen LogP contribution is -2.08. The lowest BCUT2D eigenvalue weighted by Gasteiger charge is -2.05. The van der Waals surface area contributed by atoms with Crippen molar-refractivity contribution in [3.63, 3.8) is 0 Å². The fourth-order valence-corrected chi connectivity index (χ4v) is 2.16. The molecular weight excluding hydrogens is 299 g/mol. The van der Waals surface area contributed by atoms with Gasteiger partial charge in [0.15, 0.2) is 0 Å². The van der Waals surface area contributed by atoms with Gasteiger partial charge in [-0.1, -0.05) is 57.0 Å². The van der Waals surface area contributed by atoms with Gasteiger partial charge in [-0.2, -0.15) is 0 Å². The number of hydrogen-bond donors (Lipinski definition) is 0. The zero-order valence-corrected chi connectivity index (χ0v) is 13.2. The standard InChI is InChI=1S/C14H20Cl2N2O2/c1-2-3-4-5-6-7-8-9-20-13(19)11-10-17-14(16)18-12(11)15/h10H,2-9H2,1H3. The summed E-state index contributed by atoms with van der Waals surface area (Å²) in [4.78, 5) is 19.1. The molecule has 0 saturated heterocycles. The summed E-state index contributed by atoms with van der Waals surface area (Å²) in [5.41, 5.74) is 0.152. The van der Waals surface area contributed by atoms with Gasteiger partial charge in [0.25, 0.3) is 0 Å². The molecule has 0 fully saturated rings. The van der Waals surface area contributed by atoms with E-state index >= 15 is 0 Å². The van der Waals surface area contributed by atoms with Crippen molar-refractivity contribution in [1.82, 2.24) is 9.97 Å².